The number of hydrogen-bond acceptors (Lipinski definition) is 1. The molecule has 1 N–H and O–H groups in total. The standard InChI is InChI=1S/C11H14NOS/c1-8(2)10-5-3-9(4-6-10)7-12-11(13)14/h3-6,8H,7H2,1-2H3,(H,12,13). The van der Waals surface area contributed by atoms with Gasteiger partial charge in [-0.2, -0.15) is 0 Å². The van der Waals surface area contributed by atoms with Gasteiger partial charge in [0.15, 0.2) is 0 Å². The summed E-state index contributed by atoms with van der Waals surface area (Å²) in [7, 11) is 0. The topological polar surface area (TPSA) is 29.1 Å². The van der Waals surface area contributed by atoms with E-state index < -0.39 is 5.24 Å². The molecule has 0 saturated heterocycles. The maximum atomic E-state index is 10.5. The first-order valence-electron chi connectivity index (χ1n) is 4.63. The van der Waals surface area contributed by atoms with Gasteiger partial charge in [-0.3, -0.25) is 4.79 Å². The largest absolute Gasteiger partial charge is 0.339 e. The monoisotopic (exact) mass is 208 g/mol. The number of rotatable bonds is 3. The Hall–Kier alpha value is -1.09. The molecular formula is C11H14NOS. The van der Waals surface area contributed by atoms with Gasteiger partial charge in [-0.05, 0) is 29.7 Å². The highest BCUT2D eigenvalue weighted by Gasteiger charge is 1.99. The van der Waals surface area contributed by atoms with Gasteiger partial charge in [-0.25, -0.2) is 0 Å². The van der Waals surface area contributed by atoms with Gasteiger partial charge in [0.05, 0.1) is 0 Å². The van der Waals surface area contributed by atoms with Gasteiger partial charge in [-0.15, -0.1) is 0 Å². The average molecular weight is 208 g/mol. The van der Waals surface area contributed by atoms with Crippen LogP contribution in [0.2, 0.25) is 0 Å². The fourth-order valence-corrected chi connectivity index (χ4v) is 1.27. The molecule has 0 fully saturated rings. The fraction of sp³-hybridized carbons (Fsp3) is 0.364. The first-order chi connectivity index (χ1) is 6.59. The van der Waals surface area contributed by atoms with Crippen LogP contribution < -0.4 is 5.32 Å². The summed E-state index contributed by atoms with van der Waals surface area (Å²) in [6.07, 6.45) is 0. The molecule has 1 radical (unpaired) electrons. The molecule has 0 atom stereocenters. The summed E-state index contributed by atoms with van der Waals surface area (Å²) in [6.45, 7) is 4.82. The Morgan fingerprint density at radius 2 is 1.93 bits per heavy atom. The molecule has 0 saturated carbocycles. The SMILES string of the molecule is CC(C)c1ccc(CNC(=O)[S])cc1. The van der Waals surface area contributed by atoms with E-state index in [-0.39, 0.29) is 0 Å². The zero-order valence-electron chi connectivity index (χ0n) is 8.41. The number of carbonyl (C=O) groups excluding carboxylic acids is 1. The van der Waals surface area contributed by atoms with E-state index in [1.165, 1.54) is 5.56 Å². The molecule has 1 amide bonds. The van der Waals surface area contributed by atoms with Crippen molar-refractivity contribution in [3.05, 3.63) is 35.4 Å². The number of carbonyl (C=O) groups is 1. The molecule has 1 rings (SSSR count). The Morgan fingerprint density at radius 1 is 1.36 bits per heavy atom. The molecular weight excluding hydrogens is 194 g/mol. The van der Waals surface area contributed by atoms with Gasteiger partial charge in [0.25, 0.3) is 0 Å². The Morgan fingerprint density at radius 3 is 2.36 bits per heavy atom. The summed E-state index contributed by atoms with van der Waals surface area (Å²) in [5.41, 5.74) is 2.38. The Balaban J connectivity index is 2.59. The van der Waals surface area contributed by atoms with E-state index in [4.69, 9.17) is 0 Å². The molecule has 0 aliphatic carbocycles. The minimum absolute atomic E-state index is 0.405. The highest BCUT2D eigenvalue weighted by molar-refractivity contribution is 7.96. The van der Waals surface area contributed by atoms with E-state index in [0.29, 0.717) is 12.5 Å². The van der Waals surface area contributed by atoms with Crippen LogP contribution in [0.4, 0.5) is 4.79 Å². The molecule has 0 spiro atoms. The van der Waals surface area contributed by atoms with Crippen molar-refractivity contribution in [2.24, 2.45) is 0 Å². The van der Waals surface area contributed by atoms with Gasteiger partial charge in [0.2, 0.25) is 0 Å². The van der Waals surface area contributed by atoms with E-state index >= 15 is 0 Å². The maximum absolute atomic E-state index is 10.5. The molecule has 3 heteroatoms. The molecule has 0 heterocycles. The zero-order valence-corrected chi connectivity index (χ0v) is 9.23. The number of amides is 1. The van der Waals surface area contributed by atoms with Gasteiger partial charge < -0.3 is 5.32 Å². The van der Waals surface area contributed by atoms with Crippen LogP contribution in [0.15, 0.2) is 24.3 Å². The zero-order chi connectivity index (χ0) is 10.6. The lowest BCUT2D eigenvalue weighted by Crippen LogP contribution is -2.15. The van der Waals surface area contributed by atoms with Gasteiger partial charge in [-0.1, -0.05) is 38.1 Å². The van der Waals surface area contributed by atoms with Crippen molar-refractivity contribution in [1.29, 1.82) is 0 Å². The summed E-state index contributed by atoms with van der Waals surface area (Å²) >= 11 is 4.40. The van der Waals surface area contributed by atoms with Gasteiger partial charge in [0, 0.05) is 6.54 Å². The first-order valence-corrected chi connectivity index (χ1v) is 5.04. The lowest BCUT2D eigenvalue weighted by molar-refractivity contribution is 0.260. The van der Waals surface area contributed by atoms with E-state index in [2.05, 4.69) is 43.9 Å². The molecule has 0 bridgehead atoms. The smallest absolute Gasteiger partial charge is 0.310 e. The molecule has 0 unspecified atom stereocenters. The average Bonchev–Trinajstić information content (AvgIpc) is 2.15. The van der Waals surface area contributed by atoms with Crippen molar-refractivity contribution < 1.29 is 4.79 Å². The van der Waals surface area contributed by atoms with E-state index in [1.807, 2.05) is 12.1 Å². The minimum Gasteiger partial charge on any atom is -0.339 e. The molecule has 75 valence electrons. The Labute approximate surface area is 90.1 Å². The van der Waals surface area contributed by atoms with Crippen LogP contribution in [-0.2, 0) is 6.54 Å². The third kappa shape index (κ3) is 3.34. The molecule has 2 nitrogen and oxygen atoms in total. The number of nitrogens with one attached hydrogen (secondary N) is 1. The van der Waals surface area contributed by atoms with E-state index in [1.54, 1.807) is 0 Å². The molecule has 0 aromatic heterocycles. The molecule has 0 aliphatic rings. The lowest BCUT2D eigenvalue weighted by atomic mass is 10.0. The van der Waals surface area contributed by atoms with Crippen molar-refractivity contribution in [1.82, 2.24) is 5.32 Å². The van der Waals surface area contributed by atoms with E-state index in [9.17, 15) is 4.79 Å². The number of benzene rings is 1. The van der Waals surface area contributed by atoms with Crippen molar-refractivity contribution in [2.75, 3.05) is 0 Å². The van der Waals surface area contributed by atoms with Crippen molar-refractivity contribution >= 4 is 17.9 Å². The van der Waals surface area contributed by atoms with Gasteiger partial charge >= 0.3 is 5.24 Å². The third-order valence-corrected chi connectivity index (χ3v) is 2.23. The minimum atomic E-state index is -0.405. The molecule has 0 aliphatic heterocycles. The molecule has 1 aromatic rings. The molecule has 14 heavy (non-hydrogen) atoms. The van der Waals surface area contributed by atoms with Crippen LogP contribution in [0, 0.1) is 0 Å². The van der Waals surface area contributed by atoms with E-state index in [0.717, 1.165) is 5.56 Å². The van der Waals surface area contributed by atoms with Crippen LogP contribution in [0.3, 0.4) is 0 Å². The summed E-state index contributed by atoms with van der Waals surface area (Å²) in [5.74, 6) is 0.539. The van der Waals surface area contributed by atoms with Crippen molar-refractivity contribution in [2.45, 2.75) is 26.3 Å². The van der Waals surface area contributed by atoms with Crippen LogP contribution >= 0.6 is 12.6 Å². The summed E-state index contributed by atoms with van der Waals surface area (Å²) in [6, 6.07) is 8.19. The van der Waals surface area contributed by atoms with Crippen molar-refractivity contribution in [3.8, 4) is 0 Å². The lowest BCUT2D eigenvalue weighted by Gasteiger charge is -2.06. The predicted molar refractivity (Wildman–Crippen MR) is 60.4 cm³/mol. The Kier molecular flexibility index (Phi) is 3.89. The normalized spacial score (nSPS) is 10.2. The van der Waals surface area contributed by atoms with Crippen LogP contribution in [0.1, 0.15) is 30.9 Å². The first kappa shape index (κ1) is 11.0. The maximum Gasteiger partial charge on any atom is 0.310 e. The predicted octanol–water partition coefficient (Wildman–Crippen LogP) is 3.22. The highest BCUT2D eigenvalue weighted by atomic mass is 32.1. The van der Waals surface area contributed by atoms with Crippen LogP contribution in [0.5, 0.6) is 0 Å². The summed E-state index contributed by atoms with van der Waals surface area (Å²) in [5, 5.41) is 2.18. The third-order valence-electron chi connectivity index (χ3n) is 2.08. The van der Waals surface area contributed by atoms with Gasteiger partial charge in [0.1, 0.15) is 0 Å². The van der Waals surface area contributed by atoms with Crippen molar-refractivity contribution in [3.63, 3.8) is 0 Å². The Bertz CT molecular complexity index is 306. The second kappa shape index (κ2) is 4.96. The fourth-order valence-electron chi connectivity index (χ4n) is 1.19. The second-order valence-electron chi connectivity index (χ2n) is 3.54. The summed E-state index contributed by atoms with van der Waals surface area (Å²) < 4.78 is 0. The second-order valence-corrected chi connectivity index (χ2v) is 3.91. The van der Waals surface area contributed by atoms with Crippen LogP contribution in [-0.4, -0.2) is 5.24 Å². The van der Waals surface area contributed by atoms with Crippen LogP contribution in [0.25, 0.3) is 0 Å². The highest BCUT2D eigenvalue weighted by Crippen LogP contribution is 2.14. The quantitative estimate of drug-likeness (QED) is 0.812. The summed E-state index contributed by atoms with van der Waals surface area (Å²) in [4.78, 5) is 10.5. The number of hydrogen-bond donors (Lipinski definition) is 1. The molecule has 1 aromatic carbocycles.